The number of carboxylic acid groups (broad SMARTS) is 1. The van der Waals surface area contributed by atoms with Gasteiger partial charge in [0.2, 0.25) is 5.82 Å². The Labute approximate surface area is 105 Å². The summed E-state index contributed by atoms with van der Waals surface area (Å²) in [6.45, 7) is 5.65. The number of nitrogens with zero attached hydrogens (tertiary/aromatic N) is 2. The van der Waals surface area contributed by atoms with Gasteiger partial charge < -0.3 is 10.4 Å². The second kappa shape index (κ2) is 6.13. The number of aromatic nitrogens is 3. The number of hydrogen-bond acceptors (Lipinski definition) is 4. The number of aromatic amines is 1. The molecule has 0 fully saturated rings. The number of rotatable bonds is 6. The van der Waals surface area contributed by atoms with Gasteiger partial charge in [0, 0.05) is 6.54 Å². The fraction of sp³-hybridized carbons (Fsp3) is 0.636. The minimum atomic E-state index is -0.907. The van der Waals surface area contributed by atoms with E-state index in [0.29, 0.717) is 12.2 Å². The molecule has 3 N–H and O–H groups in total. The van der Waals surface area contributed by atoms with Crippen LogP contribution in [0.1, 0.15) is 36.7 Å². The Morgan fingerprint density at radius 1 is 1.44 bits per heavy atom. The Morgan fingerprint density at radius 2 is 2.11 bits per heavy atom. The summed E-state index contributed by atoms with van der Waals surface area (Å²) in [6, 6.07) is 0. The van der Waals surface area contributed by atoms with E-state index in [4.69, 9.17) is 5.11 Å². The minimum absolute atomic E-state index is 0.0289. The summed E-state index contributed by atoms with van der Waals surface area (Å²) in [7, 11) is 0. The van der Waals surface area contributed by atoms with Gasteiger partial charge in [0.25, 0.3) is 5.91 Å². The zero-order valence-electron chi connectivity index (χ0n) is 10.7. The number of carboxylic acids is 1. The highest BCUT2D eigenvalue weighted by Crippen LogP contribution is 2.11. The Morgan fingerprint density at radius 3 is 2.56 bits per heavy atom. The third kappa shape index (κ3) is 4.15. The van der Waals surface area contributed by atoms with Crippen LogP contribution in [0, 0.1) is 18.8 Å². The quantitative estimate of drug-likeness (QED) is 0.688. The second-order valence-electron chi connectivity index (χ2n) is 4.62. The molecule has 0 aliphatic carbocycles. The minimum Gasteiger partial charge on any atom is -0.481 e. The van der Waals surface area contributed by atoms with Gasteiger partial charge in [-0.3, -0.25) is 14.7 Å². The molecule has 18 heavy (non-hydrogen) atoms. The van der Waals surface area contributed by atoms with Gasteiger partial charge in [-0.25, -0.2) is 4.98 Å². The van der Waals surface area contributed by atoms with Crippen molar-refractivity contribution in [3.63, 3.8) is 0 Å². The number of aryl methyl sites for hydroxylation is 1. The summed E-state index contributed by atoms with van der Waals surface area (Å²) in [5, 5.41) is 17.8. The van der Waals surface area contributed by atoms with Crippen molar-refractivity contribution in [1.82, 2.24) is 20.5 Å². The third-order valence-electron chi connectivity index (χ3n) is 2.41. The Balaban J connectivity index is 2.52. The maximum absolute atomic E-state index is 11.6. The van der Waals surface area contributed by atoms with Crippen LogP contribution in [-0.4, -0.2) is 38.7 Å². The van der Waals surface area contributed by atoms with Crippen LogP contribution in [0.25, 0.3) is 0 Å². The van der Waals surface area contributed by atoms with Gasteiger partial charge in [0.1, 0.15) is 5.82 Å². The average molecular weight is 254 g/mol. The summed E-state index contributed by atoms with van der Waals surface area (Å²) >= 11 is 0. The lowest BCUT2D eigenvalue weighted by Gasteiger charge is -2.14. The molecule has 0 spiro atoms. The lowest BCUT2D eigenvalue weighted by molar-refractivity contribution is -0.142. The normalized spacial score (nSPS) is 12.4. The van der Waals surface area contributed by atoms with Crippen molar-refractivity contribution in [2.24, 2.45) is 11.8 Å². The lowest BCUT2D eigenvalue weighted by Crippen LogP contribution is -2.34. The monoisotopic (exact) mass is 254 g/mol. The van der Waals surface area contributed by atoms with E-state index in [2.05, 4.69) is 20.5 Å². The molecular weight excluding hydrogens is 236 g/mol. The molecule has 1 atom stereocenters. The number of amides is 1. The van der Waals surface area contributed by atoms with Crippen molar-refractivity contribution in [2.45, 2.75) is 27.2 Å². The van der Waals surface area contributed by atoms with Gasteiger partial charge in [-0.1, -0.05) is 13.8 Å². The highest BCUT2D eigenvalue weighted by Gasteiger charge is 2.20. The van der Waals surface area contributed by atoms with Crippen molar-refractivity contribution in [3.05, 3.63) is 11.6 Å². The average Bonchev–Trinajstić information content (AvgIpc) is 2.69. The SMILES string of the molecule is Cc1nc(C(=O)NCC(CC(C)C)C(=O)O)n[nH]1. The highest BCUT2D eigenvalue weighted by molar-refractivity contribution is 5.90. The molecule has 1 aromatic rings. The molecule has 0 radical (unpaired) electrons. The van der Waals surface area contributed by atoms with E-state index < -0.39 is 17.8 Å². The van der Waals surface area contributed by atoms with Crippen molar-refractivity contribution in [1.29, 1.82) is 0 Å². The van der Waals surface area contributed by atoms with Crippen LogP contribution < -0.4 is 5.32 Å². The lowest BCUT2D eigenvalue weighted by atomic mass is 9.97. The second-order valence-corrected chi connectivity index (χ2v) is 4.62. The first-order chi connectivity index (χ1) is 8.40. The van der Waals surface area contributed by atoms with Crippen molar-refractivity contribution in [3.8, 4) is 0 Å². The van der Waals surface area contributed by atoms with Crippen LogP contribution in [0.3, 0.4) is 0 Å². The zero-order valence-corrected chi connectivity index (χ0v) is 10.7. The predicted octanol–water partition coefficient (Wildman–Crippen LogP) is 0.590. The van der Waals surface area contributed by atoms with Gasteiger partial charge >= 0.3 is 5.97 Å². The Hall–Kier alpha value is -1.92. The van der Waals surface area contributed by atoms with Crippen molar-refractivity contribution in [2.75, 3.05) is 6.54 Å². The van der Waals surface area contributed by atoms with E-state index >= 15 is 0 Å². The standard InChI is InChI=1S/C11H18N4O3/c1-6(2)4-8(11(17)18)5-12-10(16)9-13-7(3)14-15-9/h6,8H,4-5H2,1-3H3,(H,12,16)(H,17,18)(H,13,14,15). The molecule has 0 bridgehead atoms. The number of carbonyl (C=O) groups excluding carboxylic acids is 1. The molecule has 0 aliphatic heterocycles. The molecular formula is C11H18N4O3. The smallest absolute Gasteiger partial charge is 0.308 e. The van der Waals surface area contributed by atoms with E-state index in [0.717, 1.165) is 0 Å². The molecule has 0 saturated heterocycles. The van der Waals surface area contributed by atoms with E-state index in [1.807, 2.05) is 13.8 Å². The first-order valence-corrected chi connectivity index (χ1v) is 5.80. The fourth-order valence-corrected chi connectivity index (χ4v) is 1.58. The summed E-state index contributed by atoms with van der Waals surface area (Å²) < 4.78 is 0. The molecule has 1 unspecified atom stereocenters. The fourth-order valence-electron chi connectivity index (χ4n) is 1.58. The molecule has 7 heteroatoms. The molecule has 0 aliphatic rings. The number of aliphatic carboxylic acids is 1. The first-order valence-electron chi connectivity index (χ1n) is 5.80. The van der Waals surface area contributed by atoms with Crippen LogP contribution in [0.5, 0.6) is 0 Å². The maximum Gasteiger partial charge on any atom is 0.308 e. The summed E-state index contributed by atoms with van der Waals surface area (Å²) in [5.41, 5.74) is 0. The number of H-pyrrole nitrogens is 1. The molecule has 1 aromatic heterocycles. The van der Waals surface area contributed by atoms with Gasteiger partial charge in [-0.05, 0) is 19.3 Å². The van der Waals surface area contributed by atoms with Gasteiger partial charge in [0.15, 0.2) is 0 Å². The van der Waals surface area contributed by atoms with Gasteiger partial charge in [-0.15, -0.1) is 5.10 Å². The molecule has 1 amide bonds. The molecule has 100 valence electrons. The summed E-state index contributed by atoms with van der Waals surface area (Å²) in [5.74, 6) is -1.13. The van der Waals surface area contributed by atoms with Crippen LogP contribution in [0.15, 0.2) is 0 Å². The van der Waals surface area contributed by atoms with E-state index in [9.17, 15) is 9.59 Å². The molecule has 0 aromatic carbocycles. The number of hydrogen-bond donors (Lipinski definition) is 3. The first kappa shape index (κ1) is 14.1. The van der Waals surface area contributed by atoms with Gasteiger partial charge in [0.05, 0.1) is 5.92 Å². The van der Waals surface area contributed by atoms with Crippen LogP contribution in [0.2, 0.25) is 0 Å². The largest absolute Gasteiger partial charge is 0.481 e. The van der Waals surface area contributed by atoms with E-state index in [1.165, 1.54) is 0 Å². The van der Waals surface area contributed by atoms with Crippen molar-refractivity contribution < 1.29 is 14.7 Å². The third-order valence-corrected chi connectivity index (χ3v) is 2.41. The summed E-state index contributed by atoms with van der Waals surface area (Å²) in [6.07, 6.45) is 0.517. The van der Waals surface area contributed by atoms with E-state index in [-0.39, 0.29) is 18.3 Å². The van der Waals surface area contributed by atoms with E-state index in [1.54, 1.807) is 6.92 Å². The van der Waals surface area contributed by atoms with Gasteiger partial charge in [-0.2, -0.15) is 0 Å². The maximum atomic E-state index is 11.6. The number of carbonyl (C=O) groups is 2. The van der Waals surface area contributed by atoms with Crippen LogP contribution in [0.4, 0.5) is 0 Å². The molecule has 7 nitrogen and oxygen atoms in total. The molecule has 1 rings (SSSR count). The molecule has 0 saturated carbocycles. The number of nitrogens with one attached hydrogen (secondary N) is 2. The summed E-state index contributed by atoms with van der Waals surface area (Å²) in [4.78, 5) is 26.5. The Bertz CT molecular complexity index is 428. The molecule has 1 heterocycles. The van der Waals surface area contributed by atoms with Crippen LogP contribution >= 0.6 is 0 Å². The topological polar surface area (TPSA) is 108 Å². The predicted molar refractivity (Wildman–Crippen MR) is 64.0 cm³/mol. The highest BCUT2D eigenvalue weighted by atomic mass is 16.4. The van der Waals surface area contributed by atoms with Crippen LogP contribution in [-0.2, 0) is 4.79 Å². The van der Waals surface area contributed by atoms with Crippen molar-refractivity contribution >= 4 is 11.9 Å². The Kier molecular flexibility index (Phi) is 4.82. The zero-order chi connectivity index (χ0) is 13.7.